The maximum Gasteiger partial charge on any atom is 0.286 e. The monoisotopic (exact) mass is 129 g/mol. The molecule has 0 bridgehead atoms. The maximum atomic E-state index is 10.2. The zero-order valence-electron chi connectivity index (χ0n) is 3.96. The van der Waals surface area contributed by atoms with Crippen LogP contribution in [0.25, 0.3) is 0 Å². The highest BCUT2D eigenvalue weighted by Crippen LogP contribution is 1.92. The summed E-state index contributed by atoms with van der Waals surface area (Å²) in [4.78, 5) is 13.6. The van der Waals surface area contributed by atoms with Crippen LogP contribution in [0.15, 0.2) is 4.99 Å². The van der Waals surface area contributed by atoms with Crippen LogP contribution in [0, 0.1) is 0 Å². The van der Waals surface area contributed by atoms with Gasteiger partial charge in [-0.1, -0.05) is 12.2 Å². The predicted molar refractivity (Wildman–Crippen MR) is 32.0 cm³/mol. The number of hydrogen-bond donors (Lipinski definition) is 0. The summed E-state index contributed by atoms with van der Waals surface area (Å²) in [5, 5.41) is 1.24. The molecule has 1 heterocycles. The first-order chi connectivity index (χ1) is 3.83. The maximum absolute atomic E-state index is 10.2. The highest BCUT2D eigenvalue weighted by atomic mass is 32.1. The van der Waals surface area contributed by atoms with E-state index in [4.69, 9.17) is 0 Å². The molecule has 4 heteroatoms. The Balaban J connectivity index is 2.70. The van der Waals surface area contributed by atoms with Crippen LogP contribution in [0.3, 0.4) is 0 Å². The van der Waals surface area contributed by atoms with E-state index in [1.165, 1.54) is 5.37 Å². The van der Waals surface area contributed by atoms with E-state index >= 15 is 0 Å². The van der Waals surface area contributed by atoms with Crippen LogP contribution in [0.5, 0.6) is 0 Å². The SMILES string of the molecule is O=C1COC(C=S)=N1. The molecular weight excluding hydrogens is 126 g/mol. The van der Waals surface area contributed by atoms with E-state index in [0.717, 1.165) is 0 Å². The Kier molecular flexibility index (Phi) is 1.34. The van der Waals surface area contributed by atoms with Crippen LogP contribution in [0.1, 0.15) is 0 Å². The van der Waals surface area contributed by atoms with E-state index < -0.39 is 0 Å². The zero-order valence-corrected chi connectivity index (χ0v) is 4.77. The molecule has 1 aliphatic rings. The molecular formula is C4H3NO2S. The molecule has 0 aromatic carbocycles. The summed E-state index contributed by atoms with van der Waals surface area (Å²) in [7, 11) is 0. The Hall–Kier alpha value is -0.770. The lowest BCUT2D eigenvalue weighted by Gasteiger charge is -1.85. The topological polar surface area (TPSA) is 38.7 Å². The van der Waals surface area contributed by atoms with Gasteiger partial charge in [0.1, 0.15) is 0 Å². The van der Waals surface area contributed by atoms with E-state index in [2.05, 4.69) is 21.9 Å². The summed E-state index contributed by atoms with van der Waals surface area (Å²) in [5.74, 6) is -0.00824. The molecule has 8 heavy (non-hydrogen) atoms. The first kappa shape index (κ1) is 5.37. The van der Waals surface area contributed by atoms with Gasteiger partial charge in [0.15, 0.2) is 6.61 Å². The Bertz CT molecular complexity index is 163. The fourth-order valence-electron chi connectivity index (χ4n) is 0.384. The molecule has 0 aromatic heterocycles. The third kappa shape index (κ3) is 0.894. The zero-order chi connectivity index (χ0) is 5.98. The summed E-state index contributed by atoms with van der Waals surface area (Å²) in [6, 6.07) is 0. The van der Waals surface area contributed by atoms with Gasteiger partial charge >= 0.3 is 0 Å². The summed E-state index contributed by atoms with van der Waals surface area (Å²) in [6.45, 7) is 0.0441. The van der Waals surface area contributed by atoms with Gasteiger partial charge in [-0.3, -0.25) is 4.79 Å². The average molecular weight is 129 g/mol. The molecule has 0 saturated heterocycles. The lowest BCUT2D eigenvalue weighted by Crippen LogP contribution is -1.97. The lowest BCUT2D eigenvalue weighted by atomic mass is 10.7. The molecule has 0 radical (unpaired) electrons. The van der Waals surface area contributed by atoms with Crippen molar-refractivity contribution in [2.24, 2.45) is 4.99 Å². The molecule has 0 N–H and O–H groups in total. The highest BCUT2D eigenvalue weighted by molar-refractivity contribution is 7.80. The summed E-state index contributed by atoms with van der Waals surface area (Å²) in [6.07, 6.45) is 0. The van der Waals surface area contributed by atoms with Crippen molar-refractivity contribution in [1.82, 2.24) is 0 Å². The van der Waals surface area contributed by atoms with Crippen LogP contribution in [0.2, 0.25) is 0 Å². The molecule has 0 aliphatic carbocycles. The number of thiocarbonyl (C=S) groups is 1. The number of carbonyl (C=O) groups is 1. The Morgan fingerprint density at radius 3 is 2.88 bits per heavy atom. The second kappa shape index (κ2) is 2.00. The standard InChI is InChI=1S/C4H3NO2S/c6-3-1-7-4(2-8)5-3/h2H,1H2. The molecule has 1 rings (SSSR count). The third-order valence-electron chi connectivity index (χ3n) is 0.679. The fraction of sp³-hybridized carbons (Fsp3) is 0.250. The number of rotatable bonds is 1. The minimum atomic E-state index is -0.263. The molecule has 0 saturated carbocycles. The number of amides is 1. The van der Waals surface area contributed by atoms with E-state index in [0.29, 0.717) is 0 Å². The average Bonchev–Trinajstić information content (AvgIpc) is 2.14. The first-order valence-corrected chi connectivity index (χ1v) is 2.49. The molecule has 0 aromatic rings. The normalized spacial score (nSPS) is 17.5. The molecule has 0 spiro atoms. The second-order valence-electron chi connectivity index (χ2n) is 1.25. The van der Waals surface area contributed by atoms with Gasteiger partial charge in [0.25, 0.3) is 5.91 Å². The van der Waals surface area contributed by atoms with Crippen LogP contribution in [-0.4, -0.2) is 23.8 Å². The third-order valence-corrected chi connectivity index (χ3v) is 0.881. The summed E-state index contributed by atoms with van der Waals surface area (Å²) >= 11 is 4.43. The molecule has 0 fully saturated rings. The van der Waals surface area contributed by atoms with Gasteiger partial charge < -0.3 is 4.74 Å². The number of carbonyl (C=O) groups excluding carboxylic acids is 1. The molecule has 1 aliphatic heterocycles. The minimum absolute atomic E-state index is 0.0441. The van der Waals surface area contributed by atoms with Crippen molar-refractivity contribution in [2.75, 3.05) is 6.61 Å². The largest absolute Gasteiger partial charge is 0.467 e. The van der Waals surface area contributed by atoms with Gasteiger partial charge in [0.05, 0.1) is 5.37 Å². The molecule has 42 valence electrons. The quantitative estimate of drug-likeness (QED) is 0.465. The highest BCUT2D eigenvalue weighted by Gasteiger charge is 2.11. The van der Waals surface area contributed by atoms with Crippen molar-refractivity contribution in [1.29, 1.82) is 0 Å². The van der Waals surface area contributed by atoms with Gasteiger partial charge in [-0.15, -0.1) is 0 Å². The van der Waals surface area contributed by atoms with Gasteiger partial charge in [-0.2, -0.15) is 4.99 Å². The van der Waals surface area contributed by atoms with Crippen molar-refractivity contribution in [2.45, 2.75) is 0 Å². The molecule has 3 nitrogen and oxygen atoms in total. The number of nitrogens with zero attached hydrogens (tertiary/aromatic N) is 1. The summed E-state index contributed by atoms with van der Waals surface area (Å²) < 4.78 is 4.66. The van der Waals surface area contributed by atoms with Crippen LogP contribution in [0.4, 0.5) is 0 Å². The summed E-state index contributed by atoms with van der Waals surface area (Å²) in [5.41, 5.74) is 0. The van der Waals surface area contributed by atoms with E-state index in [-0.39, 0.29) is 18.4 Å². The Labute approximate surface area is 51.4 Å². The van der Waals surface area contributed by atoms with E-state index in [1.807, 2.05) is 0 Å². The number of hydrogen-bond acceptors (Lipinski definition) is 3. The van der Waals surface area contributed by atoms with E-state index in [1.54, 1.807) is 0 Å². The smallest absolute Gasteiger partial charge is 0.286 e. The molecule has 1 amide bonds. The van der Waals surface area contributed by atoms with E-state index in [9.17, 15) is 4.79 Å². The van der Waals surface area contributed by atoms with Gasteiger partial charge in [-0.25, -0.2) is 0 Å². The Morgan fingerprint density at radius 1 is 1.88 bits per heavy atom. The van der Waals surface area contributed by atoms with Crippen LogP contribution in [-0.2, 0) is 9.53 Å². The molecule has 0 unspecified atom stereocenters. The number of ether oxygens (including phenoxy) is 1. The predicted octanol–water partition coefficient (Wildman–Crippen LogP) is -0.0586. The van der Waals surface area contributed by atoms with Crippen molar-refractivity contribution >= 4 is 29.4 Å². The minimum Gasteiger partial charge on any atom is -0.467 e. The molecule has 0 atom stereocenters. The van der Waals surface area contributed by atoms with Gasteiger partial charge in [0.2, 0.25) is 5.90 Å². The Morgan fingerprint density at radius 2 is 2.62 bits per heavy atom. The van der Waals surface area contributed by atoms with Crippen LogP contribution >= 0.6 is 12.2 Å². The van der Waals surface area contributed by atoms with Gasteiger partial charge in [0, 0.05) is 0 Å². The van der Waals surface area contributed by atoms with Crippen molar-refractivity contribution < 1.29 is 9.53 Å². The fourth-order valence-corrected chi connectivity index (χ4v) is 0.504. The van der Waals surface area contributed by atoms with Crippen molar-refractivity contribution in [3.8, 4) is 0 Å². The lowest BCUT2D eigenvalue weighted by molar-refractivity contribution is -0.118. The van der Waals surface area contributed by atoms with Crippen molar-refractivity contribution in [3.05, 3.63) is 0 Å². The van der Waals surface area contributed by atoms with Crippen LogP contribution < -0.4 is 0 Å². The van der Waals surface area contributed by atoms with Gasteiger partial charge in [-0.05, 0) is 0 Å². The second-order valence-corrected chi connectivity index (χ2v) is 1.49. The first-order valence-electron chi connectivity index (χ1n) is 2.02. The number of aliphatic imine (C=N–C) groups is 1. The van der Waals surface area contributed by atoms with Crippen molar-refractivity contribution in [3.63, 3.8) is 0 Å².